The Bertz CT molecular complexity index is 930. The van der Waals surface area contributed by atoms with Crippen LogP contribution < -0.4 is 11.2 Å². The molecule has 25 heavy (non-hydrogen) atoms. The molecule has 2 heterocycles. The highest BCUT2D eigenvalue weighted by atomic mass is 16.6. The van der Waals surface area contributed by atoms with Crippen molar-refractivity contribution in [1.29, 1.82) is 0 Å². The summed E-state index contributed by atoms with van der Waals surface area (Å²) in [5, 5.41) is 28.3. The summed E-state index contributed by atoms with van der Waals surface area (Å²) >= 11 is 0. The number of carbonyl (C=O) groups is 1. The van der Waals surface area contributed by atoms with E-state index in [1.54, 1.807) is 18.2 Å². The molecule has 0 fully saturated rings. The van der Waals surface area contributed by atoms with E-state index < -0.39 is 5.91 Å². The average molecular weight is 342 g/mol. The van der Waals surface area contributed by atoms with Gasteiger partial charge in [-0.2, -0.15) is 9.78 Å². The molecule has 0 aliphatic carbocycles. The van der Waals surface area contributed by atoms with E-state index in [-0.39, 0.29) is 23.1 Å². The van der Waals surface area contributed by atoms with Gasteiger partial charge in [-0.1, -0.05) is 24.3 Å². The van der Waals surface area contributed by atoms with Gasteiger partial charge >= 0.3 is 0 Å². The molecule has 1 amide bonds. The lowest BCUT2D eigenvalue weighted by Crippen LogP contribution is -2.20. The standard InChI is InChI=1S/C14H14N8O3/c1-2-9-11(17-21-22(9)13-12(15)19-25-20-13)14(24)18-16-7-8-5-3-4-6-10(8)23/h3-7,23H,2H2,1H3,(H2,15,19)(H,18,24)/b16-7-. The number of nitrogens with one attached hydrogen (secondary N) is 1. The van der Waals surface area contributed by atoms with E-state index in [1.165, 1.54) is 17.0 Å². The van der Waals surface area contributed by atoms with Crippen LogP contribution >= 0.6 is 0 Å². The molecule has 0 saturated heterocycles. The van der Waals surface area contributed by atoms with Crippen LogP contribution in [-0.4, -0.2) is 42.5 Å². The van der Waals surface area contributed by atoms with Crippen LogP contribution in [0.3, 0.4) is 0 Å². The van der Waals surface area contributed by atoms with Crippen LogP contribution in [0.25, 0.3) is 5.82 Å². The van der Waals surface area contributed by atoms with E-state index in [1.807, 2.05) is 6.92 Å². The maximum atomic E-state index is 12.3. The van der Waals surface area contributed by atoms with Crippen molar-refractivity contribution in [3.63, 3.8) is 0 Å². The van der Waals surface area contributed by atoms with Gasteiger partial charge < -0.3 is 10.8 Å². The number of hydrogen-bond donors (Lipinski definition) is 3. The SMILES string of the molecule is CCc1c(C(=O)N/N=C\c2ccccc2O)nnn1-c1nonc1N. The summed E-state index contributed by atoms with van der Waals surface area (Å²) in [6.07, 6.45) is 1.76. The average Bonchev–Trinajstić information content (AvgIpc) is 3.21. The Balaban J connectivity index is 1.80. The second-order valence-electron chi connectivity index (χ2n) is 4.88. The van der Waals surface area contributed by atoms with Crippen molar-refractivity contribution in [3.8, 4) is 11.6 Å². The zero-order chi connectivity index (χ0) is 17.8. The molecule has 3 aromatic rings. The maximum Gasteiger partial charge on any atom is 0.293 e. The molecular formula is C14H14N8O3. The molecule has 0 aliphatic rings. The van der Waals surface area contributed by atoms with Gasteiger partial charge in [0.2, 0.25) is 11.6 Å². The van der Waals surface area contributed by atoms with Crippen molar-refractivity contribution >= 4 is 17.9 Å². The van der Waals surface area contributed by atoms with E-state index in [2.05, 4.69) is 35.8 Å². The van der Waals surface area contributed by atoms with Gasteiger partial charge in [-0.15, -0.1) is 5.10 Å². The fourth-order valence-corrected chi connectivity index (χ4v) is 2.11. The predicted octanol–water partition coefficient (Wildman–Crippen LogP) is 0.264. The monoisotopic (exact) mass is 342 g/mol. The minimum absolute atomic E-state index is 0.0316. The number of rotatable bonds is 5. The van der Waals surface area contributed by atoms with Crippen LogP contribution in [0, 0.1) is 0 Å². The second kappa shape index (κ2) is 6.78. The highest BCUT2D eigenvalue weighted by Gasteiger charge is 2.22. The molecule has 2 aromatic heterocycles. The molecule has 11 heteroatoms. The number of nitrogens with two attached hydrogens (primary N) is 1. The first-order chi connectivity index (χ1) is 12.1. The topological polar surface area (TPSA) is 157 Å². The van der Waals surface area contributed by atoms with Crippen LogP contribution in [0.15, 0.2) is 34.0 Å². The normalized spacial score (nSPS) is 11.1. The molecule has 0 unspecified atom stereocenters. The van der Waals surface area contributed by atoms with E-state index in [4.69, 9.17) is 5.73 Å². The van der Waals surface area contributed by atoms with Gasteiger partial charge in [0, 0.05) is 5.56 Å². The molecule has 4 N–H and O–H groups in total. The first-order valence-electron chi connectivity index (χ1n) is 7.26. The Morgan fingerprint density at radius 1 is 1.44 bits per heavy atom. The molecular weight excluding hydrogens is 328 g/mol. The van der Waals surface area contributed by atoms with Gasteiger partial charge in [-0.25, -0.2) is 10.1 Å². The van der Waals surface area contributed by atoms with Crippen LogP contribution in [0.4, 0.5) is 5.82 Å². The van der Waals surface area contributed by atoms with Gasteiger partial charge in [0.1, 0.15) is 5.75 Å². The lowest BCUT2D eigenvalue weighted by atomic mass is 10.2. The van der Waals surface area contributed by atoms with Gasteiger partial charge in [-0.3, -0.25) is 4.79 Å². The van der Waals surface area contributed by atoms with Crippen molar-refractivity contribution in [2.45, 2.75) is 13.3 Å². The van der Waals surface area contributed by atoms with Crippen LogP contribution in [-0.2, 0) is 6.42 Å². The Morgan fingerprint density at radius 2 is 2.24 bits per heavy atom. The Kier molecular flexibility index (Phi) is 4.37. The molecule has 128 valence electrons. The molecule has 0 atom stereocenters. The lowest BCUT2D eigenvalue weighted by Gasteiger charge is -2.02. The van der Waals surface area contributed by atoms with E-state index in [0.29, 0.717) is 17.7 Å². The molecule has 0 spiro atoms. The van der Waals surface area contributed by atoms with Crippen LogP contribution in [0.5, 0.6) is 5.75 Å². The Labute approximate surface area is 141 Å². The number of amides is 1. The summed E-state index contributed by atoms with van der Waals surface area (Å²) in [4.78, 5) is 12.3. The van der Waals surface area contributed by atoms with Crippen molar-refractivity contribution in [1.82, 2.24) is 30.7 Å². The molecule has 1 aromatic carbocycles. The van der Waals surface area contributed by atoms with Crippen LogP contribution in [0.1, 0.15) is 28.7 Å². The minimum Gasteiger partial charge on any atom is -0.507 e. The number of anilines is 1. The second-order valence-corrected chi connectivity index (χ2v) is 4.88. The van der Waals surface area contributed by atoms with E-state index >= 15 is 0 Å². The van der Waals surface area contributed by atoms with Gasteiger partial charge in [0.15, 0.2) is 5.69 Å². The summed E-state index contributed by atoms with van der Waals surface area (Å²) in [5.41, 5.74) is 8.97. The third kappa shape index (κ3) is 3.15. The number of hydrazone groups is 1. The number of hydrogen-bond acceptors (Lipinski definition) is 9. The molecule has 0 bridgehead atoms. The first-order valence-corrected chi connectivity index (χ1v) is 7.26. The van der Waals surface area contributed by atoms with Gasteiger partial charge in [0.25, 0.3) is 5.91 Å². The molecule has 0 saturated carbocycles. The summed E-state index contributed by atoms with van der Waals surface area (Å²) in [6.45, 7) is 1.82. The van der Waals surface area contributed by atoms with Gasteiger partial charge in [0.05, 0.1) is 11.9 Å². The minimum atomic E-state index is -0.565. The van der Waals surface area contributed by atoms with E-state index in [0.717, 1.165) is 0 Å². The molecule has 0 aliphatic heterocycles. The molecule has 0 radical (unpaired) electrons. The van der Waals surface area contributed by atoms with Gasteiger partial charge in [-0.05, 0) is 28.9 Å². The molecule has 11 nitrogen and oxygen atoms in total. The quantitative estimate of drug-likeness (QED) is 0.440. The number of carbonyl (C=O) groups excluding carboxylic acids is 1. The summed E-state index contributed by atoms with van der Waals surface area (Å²) in [5.74, 6) is -0.329. The maximum absolute atomic E-state index is 12.3. The first kappa shape index (κ1) is 16.1. The Morgan fingerprint density at radius 3 is 2.92 bits per heavy atom. The number of para-hydroxylation sites is 1. The zero-order valence-corrected chi connectivity index (χ0v) is 13.1. The van der Waals surface area contributed by atoms with Crippen molar-refractivity contribution in [2.24, 2.45) is 5.10 Å². The third-order valence-electron chi connectivity index (χ3n) is 3.32. The number of phenolic OH excluding ortho intramolecular Hbond substituents is 1. The van der Waals surface area contributed by atoms with E-state index in [9.17, 15) is 9.90 Å². The summed E-state index contributed by atoms with van der Waals surface area (Å²) in [6, 6.07) is 6.58. The smallest absolute Gasteiger partial charge is 0.293 e. The highest BCUT2D eigenvalue weighted by Crippen LogP contribution is 2.16. The number of aromatic nitrogens is 5. The summed E-state index contributed by atoms with van der Waals surface area (Å²) < 4.78 is 5.82. The number of benzene rings is 1. The molecule has 3 rings (SSSR count). The van der Waals surface area contributed by atoms with Crippen molar-refractivity contribution < 1.29 is 14.5 Å². The summed E-state index contributed by atoms with van der Waals surface area (Å²) in [7, 11) is 0. The number of aromatic hydroxyl groups is 1. The Hall–Kier alpha value is -3.76. The predicted molar refractivity (Wildman–Crippen MR) is 86.2 cm³/mol. The zero-order valence-electron chi connectivity index (χ0n) is 13.1. The van der Waals surface area contributed by atoms with Crippen molar-refractivity contribution in [2.75, 3.05) is 5.73 Å². The lowest BCUT2D eigenvalue weighted by molar-refractivity contribution is 0.0949. The van der Waals surface area contributed by atoms with Crippen molar-refractivity contribution in [3.05, 3.63) is 41.2 Å². The largest absolute Gasteiger partial charge is 0.507 e. The fourth-order valence-electron chi connectivity index (χ4n) is 2.11. The fraction of sp³-hybridized carbons (Fsp3) is 0.143. The highest BCUT2D eigenvalue weighted by molar-refractivity contribution is 5.94. The number of nitrogens with zero attached hydrogens (tertiary/aromatic N) is 6. The van der Waals surface area contributed by atoms with Crippen LogP contribution in [0.2, 0.25) is 0 Å². The number of phenols is 1. The number of nitrogen functional groups attached to an aromatic ring is 1. The third-order valence-corrected chi connectivity index (χ3v) is 3.32.